The Morgan fingerprint density at radius 3 is 2.50 bits per heavy atom. The average Bonchev–Trinajstić information content (AvgIpc) is 2.10. The van der Waals surface area contributed by atoms with E-state index in [1.807, 2.05) is 13.8 Å². The Morgan fingerprint density at radius 1 is 1.57 bits per heavy atom. The first-order valence-corrected chi connectivity index (χ1v) is 4.69. The molecule has 0 bridgehead atoms. The van der Waals surface area contributed by atoms with Gasteiger partial charge < -0.3 is 15.8 Å². The minimum Gasteiger partial charge on any atom is -0.409 e. The number of amides is 1. The Morgan fingerprint density at radius 2 is 2.14 bits per heavy atom. The van der Waals surface area contributed by atoms with Crippen molar-refractivity contribution in [3.8, 4) is 0 Å². The maximum atomic E-state index is 11.2. The van der Waals surface area contributed by atoms with Crippen LogP contribution in [0.15, 0.2) is 5.16 Å². The largest absolute Gasteiger partial charge is 0.409 e. The molecule has 0 fully saturated rings. The average molecular weight is 201 g/mol. The third-order valence-electron chi connectivity index (χ3n) is 1.80. The van der Waals surface area contributed by atoms with Gasteiger partial charge in [-0.3, -0.25) is 4.79 Å². The molecule has 0 aliphatic rings. The van der Waals surface area contributed by atoms with Gasteiger partial charge >= 0.3 is 0 Å². The number of hydrogen-bond donors (Lipinski definition) is 2. The van der Waals surface area contributed by atoms with Crippen molar-refractivity contribution in [2.75, 3.05) is 13.1 Å². The molecule has 3 N–H and O–H groups in total. The summed E-state index contributed by atoms with van der Waals surface area (Å²) in [6.45, 7) is 6.81. The minimum absolute atomic E-state index is 0.0180. The van der Waals surface area contributed by atoms with E-state index in [0.717, 1.165) is 0 Å². The second kappa shape index (κ2) is 6.23. The summed E-state index contributed by atoms with van der Waals surface area (Å²) in [5.41, 5.74) is 5.31. The van der Waals surface area contributed by atoms with Crippen LogP contribution >= 0.6 is 0 Å². The lowest BCUT2D eigenvalue weighted by Crippen LogP contribution is -2.35. The van der Waals surface area contributed by atoms with E-state index in [1.165, 1.54) is 6.92 Å². The third kappa shape index (κ3) is 5.40. The predicted molar refractivity (Wildman–Crippen MR) is 55.1 cm³/mol. The zero-order valence-corrected chi connectivity index (χ0v) is 9.03. The highest BCUT2D eigenvalue weighted by Gasteiger charge is 2.10. The number of amidine groups is 1. The van der Waals surface area contributed by atoms with Gasteiger partial charge in [0.15, 0.2) is 0 Å². The fourth-order valence-electron chi connectivity index (χ4n) is 1.12. The summed E-state index contributed by atoms with van der Waals surface area (Å²) < 4.78 is 0. The molecule has 0 aromatic rings. The molecule has 0 spiro atoms. The van der Waals surface area contributed by atoms with Crippen LogP contribution in [0.25, 0.3) is 0 Å². The summed E-state index contributed by atoms with van der Waals surface area (Å²) in [4.78, 5) is 12.9. The second-order valence-electron chi connectivity index (χ2n) is 3.70. The van der Waals surface area contributed by atoms with Crippen molar-refractivity contribution < 1.29 is 10.0 Å². The molecule has 0 atom stereocenters. The van der Waals surface area contributed by atoms with Crippen LogP contribution in [0, 0.1) is 5.92 Å². The number of nitrogens with zero attached hydrogens (tertiary/aromatic N) is 2. The van der Waals surface area contributed by atoms with Crippen LogP contribution in [0.1, 0.15) is 27.2 Å². The second-order valence-corrected chi connectivity index (χ2v) is 3.70. The lowest BCUT2D eigenvalue weighted by molar-refractivity contribution is -0.129. The Kier molecular flexibility index (Phi) is 5.67. The molecule has 82 valence electrons. The monoisotopic (exact) mass is 201 g/mol. The number of nitrogens with two attached hydrogens (primary N) is 1. The lowest BCUT2D eigenvalue weighted by atomic mass is 10.2. The molecule has 0 radical (unpaired) electrons. The minimum atomic E-state index is 0.0180. The molecule has 0 aliphatic carbocycles. The predicted octanol–water partition coefficient (Wildman–Crippen LogP) is 0.627. The zero-order valence-electron chi connectivity index (χ0n) is 9.03. The van der Waals surface area contributed by atoms with Gasteiger partial charge in [-0.05, 0) is 5.92 Å². The van der Waals surface area contributed by atoms with Crippen LogP contribution in [0.2, 0.25) is 0 Å². The van der Waals surface area contributed by atoms with E-state index in [2.05, 4.69) is 5.16 Å². The molecule has 0 unspecified atom stereocenters. The number of oxime groups is 1. The normalized spacial score (nSPS) is 11.9. The van der Waals surface area contributed by atoms with Gasteiger partial charge in [0.25, 0.3) is 0 Å². The van der Waals surface area contributed by atoms with Gasteiger partial charge in [-0.1, -0.05) is 19.0 Å². The standard InChI is InChI=1S/C9H19N3O2/c1-7(2)6-12(8(3)13)5-4-9(10)11-14/h7,14H,4-6H2,1-3H3,(H2,10,11). The summed E-state index contributed by atoms with van der Waals surface area (Å²) >= 11 is 0. The van der Waals surface area contributed by atoms with Gasteiger partial charge in [-0.15, -0.1) is 0 Å². The molecule has 14 heavy (non-hydrogen) atoms. The maximum Gasteiger partial charge on any atom is 0.219 e. The van der Waals surface area contributed by atoms with Crippen molar-refractivity contribution in [2.45, 2.75) is 27.2 Å². The SMILES string of the molecule is CC(=O)N(CCC(N)=NO)CC(C)C. The van der Waals surface area contributed by atoms with Gasteiger partial charge in [0.05, 0.1) is 0 Å². The van der Waals surface area contributed by atoms with E-state index >= 15 is 0 Å². The molecule has 1 amide bonds. The first-order valence-electron chi connectivity index (χ1n) is 4.69. The summed E-state index contributed by atoms with van der Waals surface area (Å²) in [5.74, 6) is 0.593. The Hall–Kier alpha value is -1.26. The summed E-state index contributed by atoms with van der Waals surface area (Å²) in [6.07, 6.45) is 0.406. The molecular weight excluding hydrogens is 182 g/mol. The fourth-order valence-corrected chi connectivity index (χ4v) is 1.12. The number of hydrogen-bond acceptors (Lipinski definition) is 3. The van der Waals surface area contributed by atoms with Crippen LogP contribution < -0.4 is 5.73 Å². The lowest BCUT2D eigenvalue weighted by Gasteiger charge is -2.22. The van der Waals surface area contributed by atoms with Crippen LogP contribution in [0.4, 0.5) is 0 Å². The smallest absolute Gasteiger partial charge is 0.219 e. The van der Waals surface area contributed by atoms with Gasteiger partial charge in [-0.25, -0.2) is 0 Å². The van der Waals surface area contributed by atoms with E-state index in [0.29, 0.717) is 25.4 Å². The summed E-state index contributed by atoms with van der Waals surface area (Å²) in [5, 5.41) is 11.2. The number of carbonyl (C=O) groups is 1. The highest BCUT2D eigenvalue weighted by molar-refractivity contribution is 5.80. The highest BCUT2D eigenvalue weighted by Crippen LogP contribution is 2.00. The van der Waals surface area contributed by atoms with E-state index in [9.17, 15) is 4.79 Å². The molecule has 0 rings (SSSR count). The Balaban J connectivity index is 4.04. The van der Waals surface area contributed by atoms with E-state index in [4.69, 9.17) is 10.9 Å². The van der Waals surface area contributed by atoms with Crippen LogP contribution in [0.5, 0.6) is 0 Å². The van der Waals surface area contributed by atoms with E-state index < -0.39 is 0 Å². The van der Waals surface area contributed by atoms with Gasteiger partial charge in [0.1, 0.15) is 5.84 Å². The van der Waals surface area contributed by atoms with Crippen molar-refractivity contribution in [3.63, 3.8) is 0 Å². The molecule has 0 aromatic carbocycles. The molecular formula is C9H19N3O2. The van der Waals surface area contributed by atoms with Gasteiger partial charge in [0.2, 0.25) is 5.91 Å². The van der Waals surface area contributed by atoms with E-state index in [1.54, 1.807) is 4.90 Å². The quantitative estimate of drug-likeness (QED) is 0.296. The van der Waals surface area contributed by atoms with Crippen LogP contribution in [-0.2, 0) is 4.79 Å². The molecule has 5 heteroatoms. The summed E-state index contributed by atoms with van der Waals surface area (Å²) in [7, 11) is 0. The molecule has 0 aromatic heterocycles. The zero-order chi connectivity index (χ0) is 11.1. The molecule has 0 saturated carbocycles. The summed E-state index contributed by atoms with van der Waals surface area (Å²) in [6, 6.07) is 0. The first kappa shape index (κ1) is 12.7. The Bertz CT molecular complexity index is 214. The van der Waals surface area contributed by atoms with Crippen molar-refractivity contribution in [3.05, 3.63) is 0 Å². The van der Waals surface area contributed by atoms with Crippen LogP contribution in [0.3, 0.4) is 0 Å². The van der Waals surface area contributed by atoms with Gasteiger partial charge in [0, 0.05) is 26.4 Å². The van der Waals surface area contributed by atoms with Crippen molar-refractivity contribution >= 4 is 11.7 Å². The Labute approximate surface area is 84.6 Å². The van der Waals surface area contributed by atoms with Crippen molar-refractivity contribution in [1.82, 2.24) is 4.90 Å². The van der Waals surface area contributed by atoms with E-state index in [-0.39, 0.29) is 11.7 Å². The molecule has 0 aliphatic heterocycles. The third-order valence-corrected chi connectivity index (χ3v) is 1.80. The molecule has 0 saturated heterocycles. The van der Waals surface area contributed by atoms with Crippen LogP contribution in [-0.4, -0.2) is 34.9 Å². The first-order chi connectivity index (χ1) is 6.47. The molecule has 0 heterocycles. The fraction of sp³-hybridized carbons (Fsp3) is 0.778. The highest BCUT2D eigenvalue weighted by atomic mass is 16.4. The number of rotatable bonds is 5. The van der Waals surface area contributed by atoms with Gasteiger partial charge in [-0.2, -0.15) is 0 Å². The van der Waals surface area contributed by atoms with Crippen molar-refractivity contribution in [2.24, 2.45) is 16.8 Å². The topological polar surface area (TPSA) is 78.9 Å². The van der Waals surface area contributed by atoms with Crippen molar-refractivity contribution in [1.29, 1.82) is 0 Å². The maximum absolute atomic E-state index is 11.2. The molecule has 5 nitrogen and oxygen atoms in total. The number of carbonyl (C=O) groups excluding carboxylic acids is 1.